The van der Waals surface area contributed by atoms with Crippen LogP contribution in [0, 0.1) is 0 Å². The lowest BCUT2D eigenvalue weighted by Crippen LogP contribution is -2.47. The van der Waals surface area contributed by atoms with Crippen LogP contribution in [0.25, 0.3) is 0 Å². The van der Waals surface area contributed by atoms with E-state index in [0.717, 1.165) is 17.9 Å². The maximum Gasteiger partial charge on any atom is 0.231 e. The molecule has 3 heterocycles. The molecule has 0 saturated carbocycles. The van der Waals surface area contributed by atoms with Gasteiger partial charge in [-0.15, -0.1) is 0 Å². The molecule has 1 atom stereocenters. The number of rotatable bonds is 0. The van der Waals surface area contributed by atoms with Crippen molar-refractivity contribution >= 4 is 0 Å². The van der Waals surface area contributed by atoms with Crippen molar-refractivity contribution in [1.29, 1.82) is 0 Å². The second-order valence-electron chi connectivity index (χ2n) is 6.33. The fraction of sp³-hybridized carbons (Fsp3) is 0.529. The predicted octanol–water partition coefficient (Wildman–Crippen LogP) is 2.98. The van der Waals surface area contributed by atoms with Crippen molar-refractivity contribution in [2.45, 2.75) is 37.6 Å². The molecule has 5 rings (SSSR count). The lowest BCUT2D eigenvalue weighted by Gasteiger charge is -2.46. The summed E-state index contributed by atoms with van der Waals surface area (Å²) in [5.41, 5.74) is 4.81. The highest BCUT2D eigenvalue weighted by Gasteiger charge is 2.50. The second-order valence-corrected chi connectivity index (χ2v) is 6.33. The fourth-order valence-corrected chi connectivity index (χ4v) is 4.69. The highest BCUT2D eigenvalue weighted by atomic mass is 16.7. The Morgan fingerprint density at radius 1 is 1.05 bits per heavy atom. The lowest BCUT2D eigenvalue weighted by atomic mass is 9.71. The Labute approximate surface area is 119 Å². The van der Waals surface area contributed by atoms with Crippen LogP contribution in [0.15, 0.2) is 23.8 Å². The zero-order chi connectivity index (χ0) is 13.2. The fourth-order valence-electron chi connectivity index (χ4n) is 4.69. The Hall–Kier alpha value is -1.48. The van der Waals surface area contributed by atoms with E-state index in [9.17, 15) is 0 Å². The van der Waals surface area contributed by atoms with Crippen molar-refractivity contribution in [3.8, 4) is 11.5 Å². The number of hydrogen-bond donors (Lipinski definition) is 0. The molecule has 0 radical (unpaired) electrons. The number of nitrogens with zero attached hydrogens (tertiary/aromatic N) is 1. The molecule has 4 aliphatic rings. The molecule has 1 aliphatic carbocycles. The summed E-state index contributed by atoms with van der Waals surface area (Å²) in [7, 11) is 0. The predicted molar refractivity (Wildman–Crippen MR) is 76.1 cm³/mol. The van der Waals surface area contributed by atoms with Gasteiger partial charge >= 0.3 is 0 Å². The highest BCUT2D eigenvalue weighted by Crippen LogP contribution is 2.54. The van der Waals surface area contributed by atoms with E-state index in [1.807, 2.05) is 0 Å². The molecule has 1 aromatic carbocycles. The third-order valence-corrected chi connectivity index (χ3v) is 5.55. The van der Waals surface area contributed by atoms with E-state index in [-0.39, 0.29) is 5.54 Å². The van der Waals surface area contributed by atoms with E-state index < -0.39 is 0 Å². The molecule has 3 aliphatic heterocycles. The summed E-state index contributed by atoms with van der Waals surface area (Å²) in [6, 6.07) is 4.50. The molecule has 1 saturated heterocycles. The monoisotopic (exact) mass is 269 g/mol. The summed E-state index contributed by atoms with van der Waals surface area (Å²) in [5.74, 6) is 1.88. The average molecular weight is 269 g/mol. The molecule has 1 spiro atoms. The van der Waals surface area contributed by atoms with Crippen molar-refractivity contribution in [2.24, 2.45) is 0 Å². The van der Waals surface area contributed by atoms with Gasteiger partial charge in [0, 0.05) is 13.1 Å². The Kier molecular flexibility index (Phi) is 2.12. The Morgan fingerprint density at radius 3 is 2.85 bits per heavy atom. The largest absolute Gasteiger partial charge is 0.454 e. The number of fused-ring (bicyclic) bond motifs is 2. The topological polar surface area (TPSA) is 21.7 Å². The molecule has 0 bridgehead atoms. The first-order chi connectivity index (χ1) is 9.88. The zero-order valence-electron chi connectivity index (χ0n) is 11.7. The molecule has 1 aromatic rings. The molecule has 3 heteroatoms. The van der Waals surface area contributed by atoms with Gasteiger partial charge in [-0.05, 0) is 60.9 Å². The van der Waals surface area contributed by atoms with Gasteiger partial charge in [-0.2, -0.15) is 0 Å². The first-order valence-electron chi connectivity index (χ1n) is 7.75. The average Bonchev–Trinajstić information content (AvgIpc) is 3.09. The van der Waals surface area contributed by atoms with Gasteiger partial charge in [-0.3, -0.25) is 4.90 Å². The van der Waals surface area contributed by atoms with Crippen LogP contribution in [0.2, 0.25) is 0 Å². The molecular weight excluding hydrogens is 250 g/mol. The molecule has 3 nitrogen and oxygen atoms in total. The smallest absolute Gasteiger partial charge is 0.231 e. The van der Waals surface area contributed by atoms with Gasteiger partial charge < -0.3 is 9.47 Å². The van der Waals surface area contributed by atoms with Gasteiger partial charge in [0.05, 0.1) is 5.54 Å². The Bertz CT molecular complexity index is 622. The number of allylic oxidation sites excluding steroid dienone is 1. The molecule has 1 unspecified atom stereocenters. The van der Waals surface area contributed by atoms with E-state index >= 15 is 0 Å². The maximum absolute atomic E-state index is 5.63. The second kappa shape index (κ2) is 3.79. The van der Waals surface area contributed by atoms with Crippen molar-refractivity contribution in [1.82, 2.24) is 4.90 Å². The molecule has 20 heavy (non-hydrogen) atoms. The van der Waals surface area contributed by atoms with Gasteiger partial charge in [-0.1, -0.05) is 6.08 Å². The Morgan fingerprint density at radius 2 is 1.90 bits per heavy atom. The van der Waals surface area contributed by atoms with Gasteiger partial charge in [0.15, 0.2) is 11.5 Å². The summed E-state index contributed by atoms with van der Waals surface area (Å²) in [6.45, 7) is 2.78. The standard InChI is InChI=1S/C17H19NO2/c1-2-6-17-13(3-1)5-8-18(17)7-4-12-9-15-16(10-14(12)17)20-11-19-15/h3,9-10H,1-2,4-8,11H2. The van der Waals surface area contributed by atoms with Crippen LogP contribution < -0.4 is 9.47 Å². The molecule has 0 amide bonds. The van der Waals surface area contributed by atoms with Crippen LogP contribution >= 0.6 is 0 Å². The van der Waals surface area contributed by atoms with Crippen LogP contribution in [-0.4, -0.2) is 24.8 Å². The van der Waals surface area contributed by atoms with E-state index in [2.05, 4.69) is 23.1 Å². The van der Waals surface area contributed by atoms with Crippen LogP contribution in [-0.2, 0) is 12.0 Å². The molecule has 0 N–H and O–H groups in total. The third kappa shape index (κ3) is 1.25. The molecular formula is C17H19NO2. The number of ether oxygens (including phenoxy) is 2. The molecule has 1 fully saturated rings. The minimum atomic E-state index is 0.187. The van der Waals surface area contributed by atoms with E-state index in [0.29, 0.717) is 6.79 Å². The van der Waals surface area contributed by atoms with Crippen molar-refractivity contribution in [3.05, 3.63) is 34.9 Å². The summed E-state index contributed by atoms with van der Waals surface area (Å²) >= 11 is 0. The van der Waals surface area contributed by atoms with E-state index in [4.69, 9.17) is 9.47 Å². The van der Waals surface area contributed by atoms with Crippen LogP contribution in [0.1, 0.15) is 36.8 Å². The van der Waals surface area contributed by atoms with Crippen molar-refractivity contribution in [2.75, 3.05) is 19.9 Å². The summed E-state index contributed by atoms with van der Waals surface area (Å²) < 4.78 is 11.2. The summed E-state index contributed by atoms with van der Waals surface area (Å²) in [6.07, 6.45) is 8.71. The number of benzene rings is 1. The Balaban J connectivity index is 1.76. The number of hydrogen-bond acceptors (Lipinski definition) is 3. The zero-order valence-corrected chi connectivity index (χ0v) is 11.7. The van der Waals surface area contributed by atoms with Gasteiger partial charge in [0.25, 0.3) is 0 Å². The normalized spacial score (nSPS) is 30.5. The SMILES string of the molecule is C1=C2CCN3CCc4cc5c(cc4C23CCC1)OCO5. The van der Waals surface area contributed by atoms with Gasteiger partial charge in [0.2, 0.25) is 6.79 Å². The maximum atomic E-state index is 5.63. The van der Waals surface area contributed by atoms with Gasteiger partial charge in [-0.25, -0.2) is 0 Å². The molecule has 104 valence electrons. The highest BCUT2D eigenvalue weighted by molar-refractivity contribution is 5.55. The van der Waals surface area contributed by atoms with E-state index in [1.165, 1.54) is 49.9 Å². The lowest BCUT2D eigenvalue weighted by molar-refractivity contribution is 0.132. The third-order valence-electron chi connectivity index (χ3n) is 5.55. The quantitative estimate of drug-likeness (QED) is 0.676. The first kappa shape index (κ1) is 11.2. The van der Waals surface area contributed by atoms with Crippen LogP contribution in [0.4, 0.5) is 0 Å². The van der Waals surface area contributed by atoms with Crippen LogP contribution in [0.5, 0.6) is 11.5 Å². The van der Waals surface area contributed by atoms with Crippen LogP contribution in [0.3, 0.4) is 0 Å². The minimum absolute atomic E-state index is 0.187. The van der Waals surface area contributed by atoms with Crippen molar-refractivity contribution < 1.29 is 9.47 Å². The summed E-state index contributed by atoms with van der Waals surface area (Å²) in [5, 5.41) is 0. The molecule has 0 aromatic heterocycles. The first-order valence-corrected chi connectivity index (χ1v) is 7.75. The van der Waals surface area contributed by atoms with Gasteiger partial charge in [0.1, 0.15) is 0 Å². The summed E-state index contributed by atoms with van der Waals surface area (Å²) in [4.78, 5) is 2.71. The van der Waals surface area contributed by atoms with E-state index in [1.54, 1.807) is 5.57 Å². The minimum Gasteiger partial charge on any atom is -0.454 e. The van der Waals surface area contributed by atoms with Crippen molar-refractivity contribution in [3.63, 3.8) is 0 Å².